The normalized spacial score (nSPS) is 18.0. The van der Waals surface area contributed by atoms with Crippen LogP contribution in [-0.2, 0) is 13.6 Å². The van der Waals surface area contributed by atoms with Gasteiger partial charge in [-0.05, 0) is 49.9 Å². The van der Waals surface area contributed by atoms with E-state index < -0.39 is 0 Å². The van der Waals surface area contributed by atoms with Gasteiger partial charge in [-0.15, -0.1) is 0 Å². The van der Waals surface area contributed by atoms with Crippen molar-refractivity contribution in [3.63, 3.8) is 0 Å². The van der Waals surface area contributed by atoms with E-state index in [4.69, 9.17) is 0 Å². The highest BCUT2D eigenvalue weighted by Crippen LogP contribution is 2.19. The summed E-state index contributed by atoms with van der Waals surface area (Å²) in [5.41, 5.74) is 4.24. The highest BCUT2D eigenvalue weighted by molar-refractivity contribution is 5.92. The number of hydrogen-bond acceptors (Lipinski definition) is 3. The highest BCUT2D eigenvalue weighted by Gasteiger charge is 2.23. The van der Waals surface area contributed by atoms with Crippen LogP contribution in [0.3, 0.4) is 0 Å². The Kier molecular flexibility index (Phi) is 5.00. The van der Waals surface area contributed by atoms with Crippen LogP contribution in [0.1, 0.15) is 33.7 Å². The number of carbonyl (C=O) groups is 1. The van der Waals surface area contributed by atoms with Crippen molar-refractivity contribution < 1.29 is 4.79 Å². The van der Waals surface area contributed by atoms with Gasteiger partial charge in [-0.1, -0.05) is 24.3 Å². The molecular formula is C19H26N4O. The van der Waals surface area contributed by atoms with E-state index >= 15 is 0 Å². The smallest absolute Gasteiger partial charge is 0.269 e. The fourth-order valence-corrected chi connectivity index (χ4v) is 3.40. The monoisotopic (exact) mass is 326 g/mol. The van der Waals surface area contributed by atoms with Gasteiger partial charge in [0.25, 0.3) is 5.91 Å². The van der Waals surface area contributed by atoms with E-state index in [1.54, 1.807) is 11.7 Å². The van der Waals surface area contributed by atoms with Crippen LogP contribution in [-0.4, -0.2) is 40.2 Å². The molecule has 3 rings (SSSR count). The average molecular weight is 326 g/mol. The van der Waals surface area contributed by atoms with Crippen molar-refractivity contribution >= 4 is 5.91 Å². The predicted octanol–water partition coefficient (Wildman–Crippen LogP) is 2.29. The number of hydrogen-bond donors (Lipinski definition) is 1. The minimum Gasteiger partial charge on any atom is -0.350 e. The van der Waals surface area contributed by atoms with Gasteiger partial charge in [-0.2, -0.15) is 5.10 Å². The van der Waals surface area contributed by atoms with E-state index in [1.807, 2.05) is 13.0 Å². The Morgan fingerprint density at radius 1 is 1.33 bits per heavy atom. The number of aromatic nitrogens is 2. The summed E-state index contributed by atoms with van der Waals surface area (Å²) in [6.45, 7) is 7.93. The maximum absolute atomic E-state index is 12.3. The molecule has 5 heteroatoms. The lowest BCUT2D eigenvalue weighted by Gasteiger charge is -2.17. The van der Waals surface area contributed by atoms with Crippen LogP contribution >= 0.6 is 0 Å². The summed E-state index contributed by atoms with van der Waals surface area (Å²) in [6.07, 6.45) is 1.14. The van der Waals surface area contributed by atoms with Crippen LogP contribution in [0.25, 0.3) is 0 Å². The SMILES string of the molecule is Cc1cc(C(=O)NC[C@@H]2CCN(Cc3ccccc3C)C2)n(C)n1. The van der Waals surface area contributed by atoms with Gasteiger partial charge in [0.1, 0.15) is 5.69 Å². The lowest BCUT2D eigenvalue weighted by molar-refractivity contribution is 0.0938. The van der Waals surface area contributed by atoms with Crippen molar-refractivity contribution in [3.8, 4) is 0 Å². The molecule has 0 bridgehead atoms. The van der Waals surface area contributed by atoms with E-state index in [2.05, 4.69) is 46.5 Å². The molecule has 1 aliphatic rings. The molecule has 0 unspecified atom stereocenters. The van der Waals surface area contributed by atoms with Crippen LogP contribution in [0.4, 0.5) is 0 Å². The standard InChI is InChI=1S/C19H26N4O/c1-14-6-4-5-7-17(14)13-23-9-8-16(12-23)11-20-19(24)18-10-15(2)21-22(18)3/h4-7,10,16H,8-9,11-13H2,1-3H3,(H,20,24)/t16-/m0/s1. The minimum absolute atomic E-state index is 0.0320. The van der Waals surface area contributed by atoms with Gasteiger partial charge < -0.3 is 5.32 Å². The summed E-state index contributed by atoms with van der Waals surface area (Å²) in [4.78, 5) is 14.7. The van der Waals surface area contributed by atoms with Gasteiger partial charge >= 0.3 is 0 Å². The van der Waals surface area contributed by atoms with E-state index in [1.165, 1.54) is 11.1 Å². The van der Waals surface area contributed by atoms with Crippen molar-refractivity contribution in [3.05, 3.63) is 52.8 Å². The number of rotatable bonds is 5. The molecule has 2 aromatic rings. The van der Waals surface area contributed by atoms with Gasteiger partial charge in [-0.3, -0.25) is 14.4 Å². The maximum atomic E-state index is 12.3. The van der Waals surface area contributed by atoms with Crippen molar-refractivity contribution in [2.45, 2.75) is 26.8 Å². The molecule has 1 amide bonds. The van der Waals surface area contributed by atoms with Gasteiger partial charge in [0, 0.05) is 26.7 Å². The van der Waals surface area contributed by atoms with Gasteiger partial charge in [0.2, 0.25) is 0 Å². The van der Waals surface area contributed by atoms with E-state index in [9.17, 15) is 4.79 Å². The van der Waals surface area contributed by atoms with Crippen LogP contribution < -0.4 is 5.32 Å². The molecule has 128 valence electrons. The number of likely N-dealkylation sites (tertiary alicyclic amines) is 1. The molecule has 1 atom stereocenters. The first-order valence-corrected chi connectivity index (χ1v) is 8.58. The fraction of sp³-hybridized carbons (Fsp3) is 0.474. The number of amides is 1. The van der Waals surface area contributed by atoms with Crippen molar-refractivity contribution in [1.29, 1.82) is 0 Å². The van der Waals surface area contributed by atoms with Crippen LogP contribution in [0.5, 0.6) is 0 Å². The third-order valence-electron chi connectivity index (χ3n) is 4.81. The maximum Gasteiger partial charge on any atom is 0.269 e. The molecule has 0 radical (unpaired) electrons. The second-order valence-corrected chi connectivity index (χ2v) is 6.82. The number of nitrogens with zero attached hydrogens (tertiary/aromatic N) is 3. The summed E-state index contributed by atoms with van der Waals surface area (Å²) in [7, 11) is 1.81. The number of nitrogens with one attached hydrogen (secondary N) is 1. The molecule has 1 N–H and O–H groups in total. The first-order chi connectivity index (χ1) is 11.5. The van der Waals surface area contributed by atoms with Crippen molar-refractivity contribution in [2.24, 2.45) is 13.0 Å². The third kappa shape index (κ3) is 3.85. The Morgan fingerprint density at radius 2 is 2.12 bits per heavy atom. The van der Waals surface area contributed by atoms with Crippen LogP contribution in [0.2, 0.25) is 0 Å². The molecule has 24 heavy (non-hydrogen) atoms. The van der Waals surface area contributed by atoms with E-state index in [0.29, 0.717) is 11.6 Å². The lowest BCUT2D eigenvalue weighted by atomic mass is 10.1. The first kappa shape index (κ1) is 16.7. The Hall–Kier alpha value is -2.14. The third-order valence-corrected chi connectivity index (χ3v) is 4.81. The lowest BCUT2D eigenvalue weighted by Crippen LogP contribution is -2.32. The molecule has 0 saturated carbocycles. The topological polar surface area (TPSA) is 50.2 Å². The molecule has 1 fully saturated rings. The van der Waals surface area contributed by atoms with E-state index in [-0.39, 0.29) is 5.91 Å². The van der Waals surface area contributed by atoms with Crippen molar-refractivity contribution in [2.75, 3.05) is 19.6 Å². The van der Waals surface area contributed by atoms with Gasteiger partial charge in [0.15, 0.2) is 0 Å². The van der Waals surface area contributed by atoms with Crippen LogP contribution in [0.15, 0.2) is 30.3 Å². The summed E-state index contributed by atoms with van der Waals surface area (Å²) < 4.78 is 1.64. The second kappa shape index (κ2) is 7.18. The molecule has 0 spiro atoms. The summed E-state index contributed by atoms with van der Waals surface area (Å²) in [5.74, 6) is 0.489. The zero-order valence-electron chi connectivity index (χ0n) is 14.7. The molecule has 0 aliphatic carbocycles. The van der Waals surface area contributed by atoms with Gasteiger partial charge in [-0.25, -0.2) is 0 Å². The highest BCUT2D eigenvalue weighted by atomic mass is 16.2. The molecule has 1 aliphatic heterocycles. The number of benzene rings is 1. The van der Waals surface area contributed by atoms with Crippen LogP contribution in [0, 0.1) is 19.8 Å². The second-order valence-electron chi connectivity index (χ2n) is 6.82. The Morgan fingerprint density at radius 3 is 2.83 bits per heavy atom. The minimum atomic E-state index is -0.0320. The number of aryl methyl sites for hydroxylation is 3. The Labute approximate surface area is 143 Å². The van der Waals surface area contributed by atoms with Gasteiger partial charge in [0.05, 0.1) is 5.69 Å². The first-order valence-electron chi connectivity index (χ1n) is 8.58. The zero-order chi connectivity index (χ0) is 17.1. The predicted molar refractivity (Wildman–Crippen MR) is 94.8 cm³/mol. The Bertz CT molecular complexity index is 722. The van der Waals surface area contributed by atoms with Crippen molar-refractivity contribution in [1.82, 2.24) is 20.0 Å². The average Bonchev–Trinajstić information content (AvgIpc) is 3.13. The molecule has 1 aromatic heterocycles. The molecule has 2 heterocycles. The number of carbonyl (C=O) groups excluding carboxylic acids is 1. The fourth-order valence-electron chi connectivity index (χ4n) is 3.40. The van der Waals surface area contributed by atoms with E-state index in [0.717, 1.165) is 38.3 Å². The summed E-state index contributed by atoms with van der Waals surface area (Å²) in [5, 5.41) is 7.29. The quantitative estimate of drug-likeness (QED) is 0.917. The summed E-state index contributed by atoms with van der Waals surface area (Å²) in [6, 6.07) is 10.4. The molecule has 1 saturated heterocycles. The Balaban J connectivity index is 1.49. The molecule has 5 nitrogen and oxygen atoms in total. The summed E-state index contributed by atoms with van der Waals surface area (Å²) >= 11 is 0. The molecular weight excluding hydrogens is 300 g/mol. The largest absolute Gasteiger partial charge is 0.350 e. The zero-order valence-corrected chi connectivity index (χ0v) is 14.7. The molecule has 1 aromatic carbocycles.